The van der Waals surface area contributed by atoms with Crippen LogP contribution >= 0.6 is 0 Å². The van der Waals surface area contributed by atoms with Crippen LogP contribution in [-0.4, -0.2) is 52.1 Å². The zero-order valence-electron chi connectivity index (χ0n) is 10.2. The Balaban J connectivity index is 2.13. The van der Waals surface area contributed by atoms with Gasteiger partial charge >= 0.3 is 5.97 Å². The van der Waals surface area contributed by atoms with E-state index in [1.54, 1.807) is 6.92 Å². The molecule has 100 valence electrons. The summed E-state index contributed by atoms with van der Waals surface area (Å²) in [4.78, 5) is 11.1. The Morgan fingerprint density at radius 1 is 1.53 bits per heavy atom. The Bertz CT molecular complexity index is 262. The van der Waals surface area contributed by atoms with E-state index in [0.29, 0.717) is 19.2 Å². The summed E-state index contributed by atoms with van der Waals surface area (Å²) in [6, 6.07) is 0.310. The second-order valence-corrected chi connectivity index (χ2v) is 5.89. The average molecular weight is 263 g/mol. The van der Waals surface area contributed by atoms with Gasteiger partial charge in [0.05, 0.1) is 19.1 Å². The van der Waals surface area contributed by atoms with Crippen LogP contribution in [0.3, 0.4) is 0 Å². The van der Waals surface area contributed by atoms with Gasteiger partial charge in [-0.1, -0.05) is 0 Å². The summed E-state index contributed by atoms with van der Waals surface area (Å²) in [7, 11) is -0.664. The van der Waals surface area contributed by atoms with Gasteiger partial charge in [-0.2, -0.15) is 0 Å². The summed E-state index contributed by atoms with van der Waals surface area (Å²) < 4.78 is 15.9. The highest BCUT2D eigenvalue weighted by atomic mass is 32.2. The fourth-order valence-electron chi connectivity index (χ4n) is 1.79. The number of hydrogen-bond donors (Lipinski definition) is 2. The summed E-state index contributed by atoms with van der Waals surface area (Å²) in [5.74, 6) is 1.09. The van der Waals surface area contributed by atoms with Crippen molar-refractivity contribution in [3.63, 3.8) is 0 Å². The number of nitrogens with one attached hydrogen (secondary N) is 1. The molecule has 1 heterocycles. The van der Waals surface area contributed by atoms with Gasteiger partial charge in [-0.15, -0.1) is 0 Å². The van der Waals surface area contributed by atoms with Crippen LogP contribution in [0.1, 0.15) is 26.2 Å². The highest BCUT2D eigenvalue weighted by molar-refractivity contribution is 7.85. The van der Waals surface area contributed by atoms with Crippen LogP contribution in [-0.2, 0) is 20.3 Å². The van der Waals surface area contributed by atoms with Crippen LogP contribution in [0.5, 0.6) is 0 Å². The maximum absolute atomic E-state index is 11.1. The highest BCUT2D eigenvalue weighted by Crippen LogP contribution is 2.09. The molecule has 2 N–H and O–H groups in total. The number of esters is 1. The van der Waals surface area contributed by atoms with Crippen molar-refractivity contribution in [3.05, 3.63) is 0 Å². The van der Waals surface area contributed by atoms with Gasteiger partial charge in [0.2, 0.25) is 0 Å². The monoisotopic (exact) mass is 263 g/mol. The Hall–Kier alpha value is -0.460. The van der Waals surface area contributed by atoms with E-state index in [1.165, 1.54) is 0 Å². The highest BCUT2D eigenvalue weighted by Gasteiger charge is 2.19. The summed E-state index contributed by atoms with van der Waals surface area (Å²) >= 11 is 0. The zero-order chi connectivity index (χ0) is 12.7. The second-order valence-electron chi connectivity index (χ2n) is 4.19. The molecule has 1 saturated heterocycles. The molecule has 0 bridgehead atoms. The molecule has 17 heavy (non-hydrogen) atoms. The number of carbonyl (C=O) groups excluding carboxylic acids is 1. The maximum Gasteiger partial charge on any atom is 0.308 e. The molecule has 0 aromatic heterocycles. The SMILES string of the molecule is CCOC(=O)CC(O)CNC1CCS(=O)CC1. The van der Waals surface area contributed by atoms with Crippen LogP contribution in [0.15, 0.2) is 0 Å². The van der Waals surface area contributed by atoms with Crippen LogP contribution in [0, 0.1) is 0 Å². The summed E-state index contributed by atoms with van der Waals surface area (Å²) in [6.07, 6.45) is 1.07. The maximum atomic E-state index is 11.1. The quantitative estimate of drug-likeness (QED) is 0.649. The number of aliphatic hydroxyl groups is 1. The number of hydrogen-bond acceptors (Lipinski definition) is 5. The molecule has 0 saturated carbocycles. The molecule has 1 aliphatic rings. The Morgan fingerprint density at radius 2 is 2.18 bits per heavy atom. The topological polar surface area (TPSA) is 75.6 Å². The standard InChI is InChI=1S/C11H21NO4S/c1-2-16-11(14)7-10(13)8-12-9-3-5-17(15)6-4-9/h9-10,12-13H,2-8H2,1H3. The third-order valence-electron chi connectivity index (χ3n) is 2.74. The third-order valence-corrected chi connectivity index (χ3v) is 4.12. The molecule has 1 fully saturated rings. The largest absolute Gasteiger partial charge is 0.466 e. The van der Waals surface area contributed by atoms with Crippen LogP contribution < -0.4 is 5.32 Å². The Kier molecular flexibility index (Phi) is 6.69. The minimum absolute atomic E-state index is 0.0273. The first kappa shape index (κ1) is 14.6. The van der Waals surface area contributed by atoms with Crippen molar-refractivity contribution >= 4 is 16.8 Å². The first-order valence-corrected chi connectivity index (χ1v) is 7.52. The van der Waals surface area contributed by atoms with E-state index < -0.39 is 16.9 Å². The molecular weight excluding hydrogens is 242 g/mol. The molecule has 0 aliphatic carbocycles. The fourth-order valence-corrected chi connectivity index (χ4v) is 3.08. The van der Waals surface area contributed by atoms with Gasteiger partial charge < -0.3 is 15.2 Å². The van der Waals surface area contributed by atoms with Gasteiger partial charge in [0, 0.05) is 34.9 Å². The summed E-state index contributed by atoms with van der Waals surface area (Å²) in [5, 5.41) is 12.8. The lowest BCUT2D eigenvalue weighted by Gasteiger charge is -2.23. The molecule has 0 aromatic carbocycles. The van der Waals surface area contributed by atoms with Crippen molar-refractivity contribution in [2.24, 2.45) is 0 Å². The lowest BCUT2D eigenvalue weighted by molar-refractivity contribution is -0.145. The second kappa shape index (κ2) is 7.79. The van der Waals surface area contributed by atoms with E-state index in [2.05, 4.69) is 5.32 Å². The third kappa shape index (κ3) is 6.14. The molecule has 1 rings (SSSR count). The fraction of sp³-hybridized carbons (Fsp3) is 0.909. The van der Waals surface area contributed by atoms with E-state index in [1.807, 2.05) is 0 Å². The van der Waals surface area contributed by atoms with E-state index in [-0.39, 0.29) is 12.4 Å². The van der Waals surface area contributed by atoms with Gasteiger partial charge in [0.1, 0.15) is 0 Å². The van der Waals surface area contributed by atoms with Gasteiger partial charge in [0.15, 0.2) is 0 Å². The van der Waals surface area contributed by atoms with Gasteiger partial charge in [0.25, 0.3) is 0 Å². The van der Waals surface area contributed by atoms with E-state index in [4.69, 9.17) is 4.74 Å². The van der Waals surface area contributed by atoms with Crippen molar-refractivity contribution in [2.75, 3.05) is 24.7 Å². The van der Waals surface area contributed by atoms with E-state index in [9.17, 15) is 14.1 Å². The molecule has 0 radical (unpaired) electrons. The number of rotatable bonds is 6. The van der Waals surface area contributed by atoms with E-state index in [0.717, 1.165) is 24.3 Å². The summed E-state index contributed by atoms with van der Waals surface area (Å²) in [6.45, 7) is 2.47. The number of aliphatic hydroxyl groups excluding tert-OH is 1. The van der Waals surface area contributed by atoms with Gasteiger partial charge in [-0.3, -0.25) is 9.00 Å². The molecule has 5 nitrogen and oxygen atoms in total. The van der Waals surface area contributed by atoms with Gasteiger partial charge in [-0.25, -0.2) is 0 Å². The minimum Gasteiger partial charge on any atom is -0.466 e. The molecule has 1 atom stereocenters. The van der Waals surface area contributed by atoms with Crippen LogP contribution in [0.4, 0.5) is 0 Å². The first-order valence-electron chi connectivity index (χ1n) is 6.04. The van der Waals surface area contributed by atoms with Crippen molar-refractivity contribution in [2.45, 2.75) is 38.3 Å². The smallest absolute Gasteiger partial charge is 0.308 e. The Labute approximate surface area is 104 Å². The van der Waals surface area contributed by atoms with Gasteiger partial charge in [-0.05, 0) is 19.8 Å². The van der Waals surface area contributed by atoms with Crippen LogP contribution in [0.2, 0.25) is 0 Å². The molecule has 0 spiro atoms. The van der Waals surface area contributed by atoms with Crippen molar-refractivity contribution < 1.29 is 18.8 Å². The first-order chi connectivity index (χ1) is 8.11. The average Bonchev–Trinajstić information content (AvgIpc) is 2.28. The van der Waals surface area contributed by atoms with Crippen LogP contribution in [0.25, 0.3) is 0 Å². The normalized spacial score (nSPS) is 26.5. The zero-order valence-corrected chi connectivity index (χ0v) is 11.0. The molecular formula is C11H21NO4S. The molecule has 0 amide bonds. The lowest BCUT2D eigenvalue weighted by Crippen LogP contribution is -2.40. The lowest BCUT2D eigenvalue weighted by atomic mass is 10.1. The summed E-state index contributed by atoms with van der Waals surface area (Å²) in [5.41, 5.74) is 0. The van der Waals surface area contributed by atoms with Crippen molar-refractivity contribution in [3.8, 4) is 0 Å². The molecule has 0 aromatic rings. The predicted molar refractivity (Wildman–Crippen MR) is 66.2 cm³/mol. The molecule has 6 heteroatoms. The number of ether oxygens (including phenoxy) is 1. The van der Waals surface area contributed by atoms with E-state index >= 15 is 0 Å². The predicted octanol–water partition coefficient (Wildman–Crippen LogP) is -0.199. The van der Waals surface area contributed by atoms with Crippen molar-refractivity contribution in [1.82, 2.24) is 5.32 Å². The minimum atomic E-state index is -0.707. The van der Waals surface area contributed by atoms with Crippen molar-refractivity contribution in [1.29, 1.82) is 0 Å². The molecule has 1 unspecified atom stereocenters. The number of carbonyl (C=O) groups is 1. The Morgan fingerprint density at radius 3 is 2.76 bits per heavy atom. The molecule has 1 aliphatic heterocycles.